The number of rotatable bonds is 2. The molecule has 2 atom stereocenters. The maximum atomic E-state index is 11.3. The Morgan fingerprint density at radius 1 is 1.21 bits per heavy atom. The highest BCUT2D eigenvalue weighted by Crippen LogP contribution is 2.29. The van der Waals surface area contributed by atoms with Gasteiger partial charge in [-0.15, -0.1) is 0 Å². The molecule has 4 nitrogen and oxygen atoms in total. The normalized spacial score (nSPS) is 26.5. The van der Waals surface area contributed by atoms with Gasteiger partial charge < -0.3 is 15.2 Å². The van der Waals surface area contributed by atoms with Crippen LogP contribution in [0.15, 0.2) is 18.2 Å². The van der Waals surface area contributed by atoms with Crippen LogP contribution >= 0.6 is 0 Å². The van der Waals surface area contributed by atoms with E-state index < -0.39 is 0 Å². The standard InChI is InChI=1S/C15H19NO3/c17-13-3-1-2-4-14(13)19-11-6-7-12-10(9-11)5-8-15(18)16-12/h6-7,9,13-14,17H,1-5,8H2,(H,16,18). The molecule has 0 aromatic heterocycles. The van der Waals surface area contributed by atoms with E-state index in [1.54, 1.807) is 0 Å². The van der Waals surface area contributed by atoms with E-state index in [9.17, 15) is 9.90 Å². The summed E-state index contributed by atoms with van der Waals surface area (Å²) in [5.74, 6) is 0.865. The summed E-state index contributed by atoms with van der Waals surface area (Å²) in [6, 6.07) is 5.73. The summed E-state index contributed by atoms with van der Waals surface area (Å²) in [6.45, 7) is 0. The van der Waals surface area contributed by atoms with Gasteiger partial charge in [-0.2, -0.15) is 0 Å². The van der Waals surface area contributed by atoms with Crippen molar-refractivity contribution in [3.8, 4) is 5.75 Å². The number of hydrogen-bond acceptors (Lipinski definition) is 3. The summed E-state index contributed by atoms with van der Waals surface area (Å²) in [6.07, 6.45) is 4.77. The minimum atomic E-state index is -0.357. The first kappa shape index (κ1) is 12.5. The quantitative estimate of drug-likeness (QED) is 0.858. The van der Waals surface area contributed by atoms with E-state index in [1.165, 1.54) is 0 Å². The number of anilines is 1. The SMILES string of the molecule is O=C1CCc2cc(OC3CCCCC3O)ccc2N1. The van der Waals surface area contributed by atoms with Crippen molar-refractivity contribution < 1.29 is 14.6 Å². The van der Waals surface area contributed by atoms with Crippen molar-refractivity contribution in [2.75, 3.05) is 5.32 Å². The lowest BCUT2D eigenvalue weighted by atomic mass is 9.94. The molecule has 1 fully saturated rings. The third kappa shape index (κ3) is 2.73. The second-order valence-corrected chi connectivity index (χ2v) is 5.38. The summed E-state index contributed by atoms with van der Waals surface area (Å²) >= 11 is 0. The molecule has 0 saturated heterocycles. The summed E-state index contributed by atoms with van der Waals surface area (Å²) in [4.78, 5) is 11.3. The topological polar surface area (TPSA) is 58.6 Å². The first-order chi connectivity index (χ1) is 9.22. The first-order valence-electron chi connectivity index (χ1n) is 7.00. The van der Waals surface area contributed by atoms with Crippen LogP contribution < -0.4 is 10.1 Å². The van der Waals surface area contributed by atoms with Gasteiger partial charge >= 0.3 is 0 Å². The molecular weight excluding hydrogens is 242 g/mol. The van der Waals surface area contributed by atoms with Crippen LogP contribution in [-0.4, -0.2) is 23.2 Å². The molecule has 1 saturated carbocycles. The van der Waals surface area contributed by atoms with Gasteiger partial charge in [0.1, 0.15) is 11.9 Å². The zero-order chi connectivity index (χ0) is 13.2. The number of amides is 1. The number of aliphatic hydroxyl groups excluding tert-OH is 1. The van der Waals surface area contributed by atoms with Crippen molar-refractivity contribution in [1.82, 2.24) is 0 Å². The van der Waals surface area contributed by atoms with Gasteiger partial charge in [0, 0.05) is 12.1 Å². The summed E-state index contributed by atoms with van der Waals surface area (Å²) < 4.78 is 5.90. The van der Waals surface area contributed by atoms with Crippen molar-refractivity contribution in [3.05, 3.63) is 23.8 Å². The third-order valence-electron chi connectivity index (χ3n) is 3.93. The molecule has 102 valence electrons. The largest absolute Gasteiger partial charge is 0.488 e. The number of aliphatic hydroxyl groups is 1. The molecule has 2 unspecified atom stereocenters. The van der Waals surface area contributed by atoms with Crippen LogP contribution in [0.25, 0.3) is 0 Å². The van der Waals surface area contributed by atoms with E-state index in [4.69, 9.17) is 4.74 Å². The van der Waals surface area contributed by atoms with Crippen LogP contribution in [0.1, 0.15) is 37.7 Å². The molecule has 1 aliphatic carbocycles. The number of aryl methyl sites for hydroxylation is 1. The number of nitrogens with one attached hydrogen (secondary N) is 1. The number of carbonyl (C=O) groups is 1. The maximum Gasteiger partial charge on any atom is 0.224 e. The van der Waals surface area contributed by atoms with Gasteiger partial charge in [0.2, 0.25) is 5.91 Å². The molecule has 1 aromatic rings. The Hall–Kier alpha value is -1.55. The Bertz CT molecular complexity index is 486. The molecule has 1 heterocycles. The van der Waals surface area contributed by atoms with Crippen LogP contribution in [0.4, 0.5) is 5.69 Å². The lowest BCUT2D eigenvalue weighted by molar-refractivity contribution is -0.116. The van der Waals surface area contributed by atoms with E-state index in [0.29, 0.717) is 6.42 Å². The van der Waals surface area contributed by atoms with Gasteiger partial charge in [0.25, 0.3) is 0 Å². The fourth-order valence-electron chi connectivity index (χ4n) is 2.82. The second kappa shape index (κ2) is 5.21. The van der Waals surface area contributed by atoms with Crippen molar-refractivity contribution in [2.24, 2.45) is 0 Å². The van der Waals surface area contributed by atoms with E-state index in [1.807, 2.05) is 18.2 Å². The highest BCUT2D eigenvalue weighted by molar-refractivity contribution is 5.93. The van der Waals surface area contributed by atoms with E-state index in [0.717, 1.165) is 49.1 Å². The number of fused-ring (bicyclic) bond motifs is 1. The summed E-state index contributed by atoms with van der Waals surface area (Å²) in [5.41, 5.74) is 2.00. The summed E-state index contributed by atoms with van der Waals surface area (Å²) in [7, 11) is 0. The van der Waals surface area contributed by atoms with Gasteiger partial charge in [0.15, 0.2) is 0 Å². The number of hydrogen-bond donors (Lipinski definition) is 2. The number of carbonyl (C=O) groups excluding carboxylic acids is 1. The fraction of sp³-hybridized carbons (Fsp3) is 0.533. The minimum Gasteiger partial charge on any atom is -0.488 e. The van der Waals surface area contributed by atoms with E-state index >= 15 is 0 Å². The van der Waals surface area contributed by atoms with Gasteiger partial charge in [-0.05, 0) is 49.4 Å². The molecule has 19 heavy (non-hydrogen) atoms. The zero-order valence-corrected chi connectivity index (χ0v) is 10.9. The van der Waals surface area contributed by atoms with Gasteiger partial charge in [-0.3, -0.25) is 4.79 Å². The van der Waals surface area contributed by atoms with Gasteiger partial charge in [-0.25, -0.2) is 0 Å². The van der Waals surface area contributed by atoms with Crippen LogP contribution in [0.2, 0.25) is 0 Å². The van der Waals surface area contributed by atoms with Crippen molar-refractivity contribution in [1.29, 1.82) is 0 Å². The van der Waals surface area contributed by atoms with Crippen LogP contribution in [0.5, 0.6) is 5.75 Å². The smallest absolute Gasteiger partial charge is 0.224 e. The lowest BCUT2D eigenvalue weighted by Crippen LogP contribution is -2.34. The number of benzene rings is 1. The minimum absolute atomic E-state index is 0.0730. The average molecular weight is 261 g/mol. The van der Waals surface area contributed by atoms with Gasteiger partial charge in [0.05, 0.1) is 6.10 Å². The molecular formula is C15H19NO3. The van der Waals surface area contributed by atoms with Crippen LogP contribution in [0.3, 0.4) is 0 Å². The molecule has 0 bridgehead atoms. The zero-order valence-electron chi connectivity index (χ0n) is 10.9. The molecule has 0 radical (unpaired) electrons. The Balaban J connectivity index is 1.73. The lowest BCUT2D eigenvalue weighted by Gasteiger charge is -2.28. The van der Waals surface area contributed by atoms with E-state index in [2.05, 4.69) is 5.32 Å². The van der Waals surface area contributed by atoms with Crippen molar-refractivity contribution in [2.45, 2.75) is 50.7 Å². The van der Waals surface area contributed by atoms with Crippen molar-refractivity contribution in [3.63, 3.8) is 0 Å². The van der Waals surface area contributed by atoms with Gasteiger partial charge in [-0.1, -0.05) is 6.42 Å². The second-order valence-electron chi connectivity index (χ2n) is 5.38. The Morgan fingerprint density at radius 2 is 2.05 bits per heavy atom. The van der Waals surface area contributed by atoms with E-state index in [-0.39, 0.29) is 18.1 Å². The molecule has 2 aliphatic rings. The van der Waals surface area contributed by atoms with Crippen LogP contribution in [-0.2, 0) is 11.2 Å². The first-order valence-corrected chi connectivity index (χ1v) is 7.00. The monoisotopic (exact) mass is 261 g/mol. The Morgan fingerprint density at radius 3 is 2.89 bits per heavy atom. The molecule has 1 aliphatic heterocycles. The molecule has 0 spiro atoms. The Labute approximate surface area is 112 Å². The number of ether oxygens (including phenoxy) is 1. The molecule has 3 rings (SSSR count). The molecule has 4 heteroatoms. The third-order valence-corrected chi connectivity index (χ3v) is 3.93. The van der Waals surface area contributed by atoms with Crippen molar-refractivity contribution >= 4 is 11.6 Å². The molecule has 2 N–H and O–H groups in total. The fourth-order valence-corrected chi connectivity index (χ4v) is 2.82. The predicted octanol–water partition coefficient (Wildman–Crippen LogP) is 2.25. The maximum absolute atomic E-state index is 11.3. The van der Waals surface area contributed by atoms with Crippen LogP contribution in [0, 0.1) is 0 Å². The average Bonchev–Trinajstić information content (AvgIpc) is 2.41. The highest BCUT2D eigenvalue weighted by atomic mass is 16.5. The summed E-state index contributed by atoms with van der Waals surface area (Å²) in [5, 5.41) is 12.8. The molecule has 1 aromatic carbocycles. The molecule has 1 amide bonds. The Kier molecular flexibility index (Phi) is 3.42. The predicted molar refractivity (Wildman–Crippen MR) is 72.3 cm³/mol. The highest BCUT2D eigenvalue weighted by Gasteiger charge is 2.25.